The molecule has 0 fully saturated rings. The summed E-state index contributed by atoms with van der Waals surface area (Å²) in [4.78, 5) is 0. The van der Waals surface area contributed by atoms with Gasteiger partial charge < -0.3 is 15.2 Å². The summed E-state index contributed by atoms with van der Waals surface area (Å²) in [6, 6.07) is 15.9. The van der Waals surface area contributed by atoms with Crippen molar-refractivity contribution in [3.63, 3.8) is 0 Å². The second-order valence-corrected chi connectivity index (χ2v) is 4.29. The van der Waals surface area contributed by atoms with Crippen molar-refractivity contribution >= 4 is 0 Å². The molecule has 0 aromatic heterocycles. The van der Waals surface area contributed by atoms with Crippen molar-refractivity contribution < 1.29 is 9.47 Å². The largest absolute Gasteiger partial charge is 0.497 e. The Hall–Kier alpha value is -2.00. The standard InChI is InChI=1S/C16H19NO2/c1-18-15-7-4-5-13(11-15)12-19-16-8-3-2-6-14(16)9-10-17/h2-8,11H,9-10,12,17H2,1H3. The lowest BCUT2D eigenvalue weighted by Gasteiger charge is -2.11. The van der Waals surface area contributed by atoms with Crippen LogP contribution in [0.4, 0.5) is 0 Å². The summed E-state index contributed by atoms with van der Waals surface area (Å²) in [6.07, 6.45) is 0.828. The molecule has 3 heteroatoms. The second-order valence-electron chi connectivity index (χ2n) is 4.29. The third-order valence-corrected chi connectivity index (χ3v) is 2.91. The first-order valence-electron chi connectivity index (χ1n) is 6.37. The van der Waals surface area contributed by atoms with Crippen LogP contribution in [0.1, 0.15) is 11.1 Å². The lowest BCUT2D eigenvalue weighted by Crippen LogP contribution is -2.05. The molecule has 100 valence electrons. The third-order valence-electron chi connectivity index (χ3n) is 2.91. The van der Waals surface area contributed by atoms with E-state index in [1.54, 1.807) is 7.11 Å². The molecular weight excluding hydrogens is 238 g/mol. The van der Waals surface area contributed by atoms with Crippen LogP contribution in [-0.2, 0) is 13.0 Å². The Balaban J connectivity index is 2.05. The van der Waals surface area contributed by atoms with Gasteiger partial charge in [-0.2, -0.15) is 0 Å². The molecule has 0 spiro atoms. The van der Waals surface area contributed by atoms with Crippen LogP contribution in [0.25, 0.3) is 0 Å². The topological polar surface area (TPSA) is 44.5 Å². The zero-order valence-electron chi connectivity index (χ0n) is 11.1. The van der Waals surface area contributed by atoms with E-state index in [0.29, 0.717) is 13.2 Å². The van der Waals surface area contributed by atoms with Crippen molar-refractivity contribution in [2.45, 2.75) is 13.0 Å². The monoisotopic (exact) mass is 257 g/mol. The first-order valence-corrected chi connectivity index (χ1v) is 6.37. The zero-order chi connectivity index (χ0) is 13.5. The fourth-order valence-corrected chi connectivity index (χ4v) is 1.93. The Kier molecular flexibility index (Phi) is 4.81. The molecule has 2 rings (SSSR count). The fourth-order valence-electron chi connectivity index (χ4n) is 1.93. The van der Waals surface area contributed by atoms with Gasteiger partial charge in [-0.05, 0) is 42.3 Å². The summed E-state index contributed by atoms with van der Waals surface area (Å²) in [6.45, 7) is 1.15. The summed E-state index contributed by atoms with van der Waals surface area (Å²) >= 11 is 0. The quantitative estimate of drug-likeness (QED) is 0.865. The molecule has 0 bridgehead atoms. The molecule has 19 heavy (non-hydrogen) atoms. The zero-order valence-corrected chi connectivity index (χ0v) is 11.1. The van der Waals surface area contributed by atoms with Gasteiger partial charge in [-0.15, -0.1) is 0 Å². The molecule has 0 radical (unpaired) electrons. The Morgan fingerprint density at radius 2 is 1.89 bits per heavy atom. The molecule has 0 atom stereocenters. The van der Waals surface area contributed by atoms with Gasteiger partial charge in [-0.1, -0.05) is 30.3 Å². The van der Waals surface area contributed by atoms with Gasteiger partial charge >= 0.3 is 0 Å². The second kappa shape index (κ2) is 6.81. The van der Waals surface area contributed by atoms with Crippen molar-refractivity contribution in [3.05, 3.63) is 59.7 Å². The molecular formula is C16H19NO2. The van der Waals surface area contributed by atoms with Gasteiger partial charge in [0.2, 0.25) is 0 Å². The molecule has 2 aromatic rings. The van der Waals surface area contributed by atoms with Crippen LogP contribution in [0.3, 0.4) is 0 Å². The highest BCUT2D eigenvalue weighted by Crippen LogP contribution is 2.20. The average Bonchev–Trinajstić information content (AvgIpc) is 2.47. The van der Waals surface area contributed by atoms with Gasteiger partial charge in [-0.25, -0.2) is 0 Å². The maximum absolute atomic E-state index is 5.86. The maximum Gasteiger partial charge on any atom is 0.123 e. The Morgan fingerprint density at radius 1 is 1.05 bits per heavy atom. The summed E-state index contributed by atoms with van der Waals surface area (Å²) in [5, 5.41) is 0. The van der Waals surface area contributed by atoms with E-state index in [0.717, 1.165) is 29.0 Å². The fraction of sp³-hybridized carbons (Fsp3) is 0.250. The minimum atomic E-state index is 0.527. The molecule has 0 aliphatic heterocycles. The van der Waals surface area contributed by atoms with Crippen LogP contribution >= 0.6 is 0 Å². The third kappa shape index (κ3) is 3.73. The van der Waals surface area contributed by atoms with Crippen molar-refractivity contribution in [1.29, 1.82) is 0 Å². The van der Waals surface area contributed by atoms with E-state index >= 15 is 0 Å². The normalized spacial score (nSPS) is 10.2. The van der Waals surface area contributed by atoms with Gasteiger partial charge in [0.15, 0.2) is 0 Å². The van der Waals surface area contributed by atoms with Gasteiger partial charge in [0.25, 0.3) is 0 Å². The predicted octanol–water partition coefficient (Wildman–Crippen LogP) is 2.78. The van der Waals surface area contributed by atoms with E-state index in [1.165, 1.54) is 0 Å². The average molecular weight is 257 g/mol. The lowest BCUT2D eigenvalue weighted by atomic mass is 10.1. The molecule has 0 aliphatic carbocycles. The van der Waals surface area contributed by atoms with E-state index in [9.17, 15) is 0 Å². The van der Waals surface area contributed by atoms with Crippen molar-refractivity contribution in [2.24, 2.45) is 5.73 Å². The molecule has 0 unspecified atom stereocenters. The van der Waals surface area contributed by atoms with Crippen molar-refractivity contribution in [2.75, 3.05) is 13.7 Å². The van der Waals surface area contributed by atoms with E-state index in [2.05, 4.69) is 0 Å². The Bertz CT molecular complexity index is 526. The first-order chi connectivity index (χ1) is 9.33. The molecule has 2 aromatic carbocycles. The lowest BCUT2D eigenvalue weighted by molar-refractivity contribution is 0.302. The number of benzene rings is 2. The molecule has 3 nitrogen and oxygen atoms in total. The number of hydrogen-bond acceptors (Lipinski definition) is 3. The van der Waals surface area contributed by atoms with Gasteiger partial charge in [0.05, 0.1) is 7.11 Å². The van der Waals surface area contributed by atoms with Crippen LogP contribution in [-0.4, -0.2) is 13.7 Å². The molecule has 0 amide bonds. The van der Waals surface area contributed by atoms with Crippen LogP contribution in [0.15, 0.2) is 48.5 Å². The summed E-state index contributed by atoms with van der Waals surface area (Å²) in [7, 11) is 1.66. The van der Waals surface area contributed by atoms with E-state index < -0.39 is 0 Å². The summed E-state index contributed by atoms with van der Waals surface area (Å²) in [5.74, 6) is 1.74. The molecule has 2 N–H and O–H groups in total. The SMILES string of the molecule is COc1cccc(COc2ccccc2CCN)c1. The maximum atomic E-state index is 5.86. The number of ether oxygens (including phenoxy) is 2. The first kappa shape index (κ1) is 13.4. The van der Waals surface area contributed by atoms with Gasteiger partial charge in [-0.3, -0.25) is 0 Å². The number of rotatable bonds is 6. The predicted molar refractivity (Wildman–Crippen MR) is 76.5 cm³/mol. The highest BCUT2D eigenvalue weighted by molar-refractivity contribution is 5.34. The van der Waals surface area contributed by atoms with Crippen LogP contribution in [0, 0.1) is 0 Å². The number of para-hydroxylation sites is 1. The Labute approximate surface area is 114 Å². The molecule has 0 saturated carbocycles. The van der Waals surface area contributed by atoms with Crippen molar-refractivity contribution in [1.82, 2.24) is 0 Å². The minimum Gasteiger partial charge on any atom is -0.497 e. The minimum absolute atomic E-state index is 0.527. The van der Waals surface area contributed by atoms with Crippen LogP contribution < -0.4 is 15.2 Å². The molecule has 0 aliphatic rings. The van der Waals surface area contributed by atoms with Crippen LogP contribution in [0.2, 0.25) is 0 Å². The number of methoxy groups -OCH3 is 1. The number of nitrogens with two attached hydrogens (primary N) is 1. The van der Waals surface area contributed by atoms with Gasteiger partial charge in [0, 0.05) is 0 Å². The smallest absolute Gasteiger partial charge is 0.123 e. The Morgan fingerprint density at radius 3 is 2.68 bits per heavy atom. The molecule has 0 saturated heterocycles. The summed E-state index contributed by atoms with van der Waals surface area (Å²) < 4.78 is 11.1. The van der Waals surface area contributed by atoms with Crippen LogP contribution in [0.5, 0.6) is 11.5 Å². The highest BCUT2D eigenvalue weighted by atomic mass is 16.5. The van der Waals surface area contributed by atoms with Crippen molar-refractivity contribution in [3.8, 4) is 11.5 Å². The van der Waals surface area contributed by atoms with Gasteiger partial charge in [0.1, 0.15) is 18.1 Å². The molecule has 0 heterocycles. The van der Waals surface area contributed by atoms with E-state index in [1.807, 2.05) is 48.5 Å². The van der Waals surface area contributed by atoms with E-state index in [4.69, 9.17) is 15.2 Å². The van der Waals surface area contributed by atoms with E-state index in [-0.39, 0.29) is 0 Å². The number of hydrogen-bond donors (Lipinski definition) is 1. The highest BCUT2D eigenvalue weighted by Gasteiger charge is 2.03. The summed E-state index contributed by atoms with van der Waals surface area (Å²) in [5.41, 5.74) is 7.83.